The van der Waals surface area contributed by atoms with Crippen LogP contribution in [-0.2, 0) is 11.3 Å². The van der Waals surface area contributed by atoms with E-state index in [2.05, 4.69) is 5.32 Å². The second-order valence-electron chi connectivity index (χ2n) is 6.96. The van der Waals surface area contributed by atoms with Crippen LogP contribution < -0.4 is 5.32 Å². The normalized spacial score (nSPS) is 11.3. The van der Waals surface area contributed by atoms with Crippen molar-refractivity contribution in [3.8, 4) is 6.07 Å². The van der Waals surface area contributed by atoms with E-state index in [0.717, 1.165) is 22.0 Å². The molecule has 152 valence electrons. The fourth-order valence-electron chi connectivity index (χ4n) is 3.36. The van der Waals surface area contributed by atoms with E-state index in [1.165, 1.54) is 12.1 Å². The Morgan fingerprint density at radius 3 is 2.52 bits per heavy atom. The minimum atomic E-state index is -0.536. The van der Waals surface area contributed by atoms with Gasteiger partial charge < -0.3 is 9.88 Å². The number of benzene rings is 3. The molecule has 4 aromatic rings. The molecule has 0 radical (unpaired) electrons. The number of nitrogens with zero attached hydrogens (tertiary/aromatic N) is 2. The largest absolute Gasteiger partial charge is 0.342 e. The number of hydrogen-bond donors (Lipinski definition) is 1. The summed E-state index contributed by atoms with van der Waals surface area (Å²) in [6.45, 7) is 0.530. The summed E-state index contributed by atoms with van der Waals surface area (Å²) in [5.41, 5.74) is 3.03. The van der Waals surface area contributed by atoms with Crippen LogP contribution in [-0.4, -0.2) is 10.5 Å². The Morgan fingerprint density at radius 2 is 1.77 bits per heavy atom. The molecule has 4 nitrogen and oxygen atoms in total. The third-order valence-corrected chi connectivity index (χ3v) is 5.20. The van der Waals surface area contributed by atoms with Crippen LogP contribution in [0.2, 0.25) is 5.02 Å². The van der Waals surface area contributed by atoms with Crippen LogP contribution >= 0.6 is 11.6 Å². The molecular weight excluding hydrogens is 413 g/mol. The molecule has 0 spiro atoms. The van der Waals surface area contributed by atoms with Gasteiger partial charge in [-0.15, -0.1) is 0 Å². The van der Waals surface area contributed by atoms with Gasteiger partial charge in [0, 0.05) is 29.2 Å². The van der Waals surface area contributed by atoms with Crippen molar-refractivity contribution >= 4 is 40.2 Å². The summed E-state index contributed by atoms with van der Waals surface area (Å²) in [6.07, 6.45) is 3.45. The van der Waals surface area contributed by atoms with Gasteiger partial charge in [0.15, 0.2) is 0 Å². The highest BCUT2D eigenvalue weighted by molar-refractivity contribution is 6.34. The number of nitrogens with one attached hydrogen (secondary N) is 1. The summed E-state index contributed by atoms with van der Waals surface area (Å²) in [6, 6.07) is 22.9. The topological polar surface area (TPSA) is 57.8 Å². The van der Waals surface area contributed by atoms with Gasteiger partial charge in [0.05, 0.1) is 10.7 Å². The van der Waals surface area contributed by atoms with Gasteiger partial charge in [-0.2, -0.15) is 5.26 Å². The van der Waals surface area contributed by atoms with Gasteiger partial charge in [-0.25, -0.2) is 4.39 Å². The Kier molecular flexibility index (Phi) is 5.83. The lowest BCUT2D eigenvalue weighted by Gasteiger charge is -2.06. The summed E-state index contributed by atoms with van der Waals surface area (Å²) >= 11 is 6.10. The summed E-state index contributed by atoms with van der Waals surface area (Å²) < 4.78 is 15.2. The van der Waals surface area contributed by atoms with Gasteiger partial charge in [-0.05, 0) is 42.0 Å². The lowest BCUT2D eigenvalue weighted by Crippen LogP contribution is -2.13. The second-order valence-corrected chi connectivity index (χ2v) is 7.37. The smallest absolute Gasteiger partial charge is 0.266 e. The number of nitriles is 1. The maximum Gasteiger partial charge on any atom is 0.266 e. The van der Waals surface area contributed by atoms with Gasteiger partial charge >= 0.3 is 0 Å². The predicted molar refractivity (Wildman–Crippen MR) is 121 cm³/mol. The van der Waals surface area contributed by atoms with Crippen molar-refractivity contribution in [1.82, 2.24) is 4.57 Å². The van der Waals surface area contributed by atoms with Crippen molar-refractivity contribution in [3.63, 3.8) is 0 Å². The van der Waals surface area contributed by atoms with Crippen LogP contribution in [0.4, 0.5) is 10.1 Å². The summed E-state index contributed by atoms with van der Waals surface area (Å²) in [4.78, 5) is 12.7. The molecule has 31 heavy (non-hydrogen) atoms. The van der Waals surface area contributed by atoms with Crippen LogP contribution in [0.25, 0.3) is 17.0 Å². The maximum absolute atomic E-state index is 13.2. The molecule has 0 aliphatic rings. The van der Waals surface area contributed by atoms with E-state index in [1.54, 1.807) is 42.5 Å². The Morgan fingerprint density at radius 1 is 1.06 bits per heavy atom. The monoisotopic (exact) mass is 429 g/mol. The SMILES string of the molecule is N#C/C(=C/c1cn(Cc2ccc(F)cc2)c2ccccc12)C(=O)Nc1ccccc1Cl. The van der Waals surface area contributed by atoms with Crippen LogP contribution in [0.1, 0.15) is 11.1 Å². The number of anilines is 1. The summed E-state index contributed by atoms with van der Waals surface area (Å²) in [5.74, 6) is -0.820. The van der Waals surface area contributed by atoms with E-state index in [1.807, 2.05) is 41.1 Å². The molecule has 0 fully saturated rings. The van der Waals surface area contributed by atoms with E-state index < -0.39 is 5.91 Å². The number of rotatable bonds is 5. The highest BCUT2D eigenvalue weighted by atomic mass is 35.5. The minimum Gasteiger partial charge on any atom is -0.342 e. The Labute approximate surface area is 183 Å². The molecule has 0 aliphatic carbocycles. The first-order valence-corrected chi connectivity index (χ1v) is 9.93. The molecule has 0 saturated carbocycles. The molecule has 0 bridgehead atoms. The zero-order valence-corrected chi connectivity index (χ0v) is 17.1. The van der Waals surface area contributed by atoms with Gasteiger partial charge in [0.25, 0.3) is 5.91 Å². The lowest BCUT2D eigenvalue weighted by atomic mass is 10.1. The summed E-state index contributed by atoms with van der Waals surface area (Å²) in [5, 5.41) is 13.6. The number of fused-ring (bicyclic) bond motifs is 1. The zero-order valence-electron chi connectivity index (χ0n) is 16.3. The van der Waals surface area contributed by atoms with Crippen LogP contribution in [0.3, 0.4) is 0 Å². The molecule has 1 heterocycles. The first kappa shape index (κ1) is 20.4. The molecule has 1 amide bonds. The van der Waals surface area contributed by atoms with Gasteiger partial charge in [-0.1, -0.05) is 54.1 Å². The highest BCUT2D eigenvalue weighted by Crippen LogP contribution is 2.26. The third-order valence-electron chi connectivity index (χ3n) is 4.87. The molecule has 0 saturated heterocycles. The van der Waals surface area contributed by atoms with Crippen molar-refractivity contribution in [2.75, 3.05) is 5.32 Å². The fourth-order valence-corrected chi connectivity index (χ4v) is 3.55. The predicted octanol–water partition coefficient (Wildman–Crippen LogP) is 6.03. The summed E-state index contributed by atoms with van der Waals surface area (Å²) in [7, 11) is 0. The van der Waals surface area contributed by atoms with Crippen LogP contribution in [0, 0.1) is 17.1 Å². The van der Waals surface area contributed by atoms with Crippen molar-refractivity contribution in [3.05, 3.63) is 107 Å². The molecule has 6 heteroatoms. The molecule has 0 unspecified atom stereocenters. The van der Waals surface area contributed by atoms with E-state index in [0.29, 0.717) is 17.3 Å². The van der Waals surface area contributed by atoms with Crippen molar-refractivity contribution in [2.24, 2.45) is 0 Å². The minimum absolute atomic E-state index is 0.0374. The number of para-hydroxylation sites is 2. The second kappa shape index (κ2) is 8.86. The molecule has 0 atom stereocenters. The number of carbonyl (C=O) groups excluding carboxylic acids is 1. The number of aromatic nitrogens is 1. The van der Waals surface area contributed by atoms with E-state index >= 15 is 0 Å². The Bertz CT molecular complexity index is 1330. The van der Waals surface area contributed by atoms with Gasteiger partial charge in [0.1, 0.15) is 17.5 Å². The molecular formula is C25H17ClFN3O. The van der Waals surface area contributed by atoms with Crippen molar-refractivity contribution in [2.45, 2.75) is 6.54 Å². The average molecular weight is 430 g/mol. The average Bonchev–Trinajstić information content (AvgIpc) is 3.12. The fraction of sp³-hybridized carbons (Fsp3) is 0.0400. The van der Waals surface area contributed by atoms with Crippen molar-refractivity contribution in [1.29, 1.82) is 5.26 Å². The number of amides is 1. The Hall–Kier alpha value is -3.88. The number of halogens is 2. The van der Waals surface area contributed by atoms with E-state index in [-0.39, 0.29) is 11.4 Å². The molecule has 3 aromatic carbocycles. The van der Waals surface area contributed by atoms with Crippen LogP contribution in [0.5, 0.6) is 0 Å². The standard InChI is InChI=1S/C25H17ClFN3O/c26-22-6-2-3-7-23(22)29-25(31)18(14-28)13-19-16-30(24-8-4-1-5-21(19)24)15-17-9-11-20(27)12-10-17/h1-13,16H,15H2,(H,29,31)/b18-13-. The molecule has 0 aliphatic heterocycles. The van der Waals surface area contributed by atoms with Gasteiger partial charge in [-0.3, -0.25) is 4.79 Å². The van der Waals surface area contributed by atoms with Crippen molar-refractivity contribution < 1.29 is 9.18 Å². The van der Waals surface area contributed by atoms with Crippen LogP contribution in [0.15, 0.2) is 84.6 Å². The highest BCUT2D eigenvalue weighted by Gasteiger charge is 2.14. The molecule has 1 N–H and O–H groups in total. The maximum atomic E-state index is 13.2. The lowest BCUT2D eigenvalue weighted by molar-refractivity contribution is -0.112. The first-order valence-electron chi connectivity index (χ1n) is 9.55. The zero-order chi connectivity index (χ0) is 21.8. The molecule has 4 rings (SSSR count). The number of carbonyl (C=O) groups is 1. The van der Waals surface area contributed by atoms with E-state index in [4.69, 9.17) is 11.6 Å². The number of hydrogen-bond acceptors (Lipinski definition) is 2. The third kappa shape index (κ3) is 4.50. The quantitative estimate of drug-likeness (QED) is 0.311. The molecule has 1 aromatic heterocycles. The Balaban J connectivity index is 1.68. The van der Waals surface area contributed by atoms with Gasteiger partial charge in [0.2, 0.25) is 0 Å². The first-order chi connectivity index (χ1) is 15.0. The van der Waals surface area contributed by atoms with E-state index in [9.17, 15) is 14.4 Å².